The maximum atomic E-state index is 9.54. The van der Waals surface area contributed by atoms with E-state index in [9.17, 15) is 9.59 Å². The molecule has 2 amide bonds. The first kappa shape index (κ1) is 31.7. The number of fused-ring (bicyclic) bond motifs is 1. The number of carbonyl (C=O) groups excluding carboxylic acids is 2. The van der Waals surface area contributed by atoms with E-state index in [2.05, 4.69) is 71.9 Å². The summed E-state index contributed by atoms with van der Waals surface area (Å²) >= 11 is 0. The van der Waals surface area contributed by atoms with Gasteiger partial charge < -0.3 is 25.3 Å². The molecule has 1 saturated carbocycles. The molecule has 1 aliphatic carbocycles. The van der Waals surface area contributed by atoms with Gasteiger partial charge in [0.1, 0.15) is 5.75 Å². The third-order valence-corrected chi connectivity index (χ3v) is 6.10. The first-order valence-corrected chi connectivity index (χ1v) is 13.1. The van der Waals surface area contributed by atoms with Crippen LogP contribution in [0.4, 0.5) is 0 Å². The molecule has 1 aromatic heterocycles. The molecule has 1 heterocycles. The zero-order valence-electron chi connectivity index (χ0n) is 23.3. The topological polar surface area (TPSA) is 86.5 Å². The molecule has 7 heteroatoms. The number of ether oxygens (including phenoxy) is 1. The highest BCUT2D eigenvalue weighted by atomic mass is 16.5. The second-order valence-corrected chi connectivity index (χ2v) is 9.14. The Morgan fingerprint density at radius 3 is 2.03 bits per heavy atom. The van der Waals surface area contributed by atoms with Gasteiger partial charge in [-0.25, -0.2) is 0 Å². The molecule has 0 unspecified atom stereocenters. The zero-order valence-corrected chi connectivity index (χ0v) is 23.3. The molecule has 1 fully saturated rings. The molecule has 2 aromatic carbocycles. The molecule has 0 aliphatic heterocycles. The van der Waals surface area contributed by atoms with Crippen molar-refractivity contribution in [2.75, 3.05) is 34.3 Å². The minimum absolute atomic E-state index is 0.488. The maximum Gasteiger partial charge on any atom is 0.207 e. The van der Waals surface area contributed by atoms with Gasteiger partial charge in [-0.2, -0.15) is 0 Å². The molecular formula is C30H46N4O3. The highest BCUT2D eigenvalue weighted by Crippen LogP contribution is 2.21. The Labute approximate surface area is 223 Å². The van der Waals surface area contributed by atoms with Crippen molar-refractivity contribution < 1.29 is 14.3 Å². The number of aromatic amines is 1. The van der Waals surface area contributed by atoms with Crippen LogP contribution in [-0.2, 0) is 16.0 Å². The fourth-order valence-corrected chi connectivity index (χ4v) is 3.96. The standard InChI is InChI=1S/C10H11NO.C8H17N.C8H10.C4H8N2O2/c1-7-5-8-6-9(12-2)3-4-10(8)11-7;1-9(2)8-6-4-3-5-7-8;1-2-8-6-4-3-5-7-8;7-3-5-1-2-6-4-8/h3-6,11H,1-2H3;8H,3-7H2,1-2H3;3-7H,2H2,1H3;3-4H,1-2H2,(H,5,7)(H,6,8). The Balaban J connectivity index is 0.000000251. The maximum absolute atomic E-state index is 9.54. The van der Waals surface area contributed by atoms with Crippen LogP contribution in [0.2, 0.25) is 0 Å². The minimum Gasteiger partial charge on any atom is -0.497 e. The zero-order chi connectivity index (χ0) is 27.3. The molecule has 37 heavy (non-hydrogen) atoms. The van der Waals surface area contributed by atoms with Crippen molar-refractivity contribution in [1.29, 1.82) is 0 Å². The number of amides is 2. The number of aryl methyl sites for hydroxylation is 2. The van der Waals surface area contributed by atoms with E-state index < -0.39 is 0 Å². The number of nitrogens with zero attached hydrogens (tertiary/aromatic N) is 1. The molecule has 3 aromatic rings. The van der Waals surface area contributed by atoms with E-state index in [0.717, 1.165) is 23.7 Å². The first-order chi connectivity index (χ1) is 17.9. The molecule has 0 spiro atoms. The number of rotatable bonds is 8. The van der Waals surface area contributed by atoms with Crippen LogP contribution in [0, 0.1) is 6.92 Å². The van der Waals surface area contributed by atoms with Gasteiger partial charge in [-0.05, 0) is 70.1 Å². The summed E-state index contributed by atoms with van der Waals surface area (Å²) in [4.78, 5) is 24.7. The molecule has 3 N–H and O–H groups in total. The molecular weight excluding hydrogens is 464 g/mol. The number of carbonyl (C=O) groups is 2. The van der Waals surface area contributed by atoms with Gasteiger partial charge >= 0.3 is 0 Å². The summed E-state index contributed by atoms with van der Waals surface area (Å²) in [5.41, 5.74) is 3.75. The van der Waals surface area contributed by atoms with Gasteiger partial charge in [0.2, 0.25) is 12.8 Å². The van der Waals surface area contributed by atoms with Gasteiger partial charge in [0, 0.05) is 35.7 Å². The highest BCUT2D eigenvalue weighted by Gasteiger charge is 2.13. The summed E-state index contributed by atoms with van der Waals surface area (Å²) in [7, 11) is 6.06. The van der Waals surface area contributed by atoms with Crippen LogP contribution >= 0.6 is 0 Å². The van der Waals surface area contributed by atoms with Gasteiger partial charge in [-0.3, -0.25) is 9.59 Å². The molecule has 204 valence electrons. The fraction of sp³-hybridized carbons (Fsp3) is 0.467. The summed E-state index contributed by atoms with van der Waals surface area (Å²) in [6, 6.07) is 19.5. The predicted molar refractivity (Wildman–Crippen MR) is 154 cm³/mol. The summed E-state index contributed by atoms with van der Waals surface area (Å²) in [5.74, 6) is 0.904. The van der Waals surface area contributed by atoms with Crippen LogP contribution in [0.15, 0.2) is 54.6 Å². The van der Waals surface area contributed by atoms with Gasteiger partial charge in [-0.15, -0.1) is 0 Å². The molecule has 7 nitrogen and oxygen atoms in total. The molecule has 1 aliphatic rings. The van der Waals surface area contributed by atoms with E-state index in [1.807, 2.05) is 31.2 Å². The van der Waals surface area contributed by atoms with Crippen molar-refractivity contribution in [3.05, 3.63) is 65.9 Å². The number of aromatic nitrogens is 1. The van der Waals surface area contributed by atoms with Crippen LogP contribution in [0.5, 0.6) is 5.75 Å². The van der Waals surface area contributed by atoms with E-state index in [1.165, 1.54) is 48.7 Å². The SMILES string of the molecule is CCc1ccccc1.CN(C)C1CCCCC1.COc1ccc2[nH]c(C)cc2c1.O=CNCCNC=O. The number of benzene rings is 2. The van der Waals surface area contributed by atoms with E-state index >= 15 is 0 Å². The van der Waals surface area contributed by atoms with Crippen molar-refractivity contribution in [2.24, 2.45) is 0 Å². The Kier molecular flexibility index (Phi) is 17.0. The second-order valence-electron chi connectivity index (χ2n) is 9.14. The third-order valence-electron chi connectivity index (χ3n) is 6.10. The van der Waals surface area contributed by atoms with E-state index in [0.29, 0.717) is 25.9 Å². The lowest BCUT2D eigenvalue weighted by Crippen LogP contribution is -2.29. The van der Waals surface area contributed by atoms with E-state index in [4.69, 9.17) is 4.74 Å². The Bertz CT molecular complexity index is 973. The highest BCUT2D eigenvalue weighted by molar-refractivity contribution is 5.81. The van der Waals surface area contributed by atoms with Gasteiger partial charge in [0.25, 0.3) is 0 Å². The van der Waals surface area contributed by atoms with Crippen LogP contribution in [0.3, 0.4) is 0 Å². The monoisotopic (exact) mass is 510 g/mol. The smallest absolute Gasteiger partial charge is 0.207 e. The summed E-state index contributed by atoms with van der Waals surface area (Å²) in [6.45, 7) is 5.19. The van der Waals surface area contributed by atoms with Crippen molar-refractivity contribution in [1.82, 2.24) is 20.5 Å². The molecule has 4 rings (SSSR count). The Morgan fingerprint density at radius 1 is 0.946 bits per heavy atom. The minimum atomic E-state index is 0.488. The summed E-state index contributed by atoms with van der Waals surface area (Å²) < 4.78 is 5.12. The van der Waals surface area contributed by atoms with E-state index in [1.54, 1.807) is 7.11 Å². The summed E-state index contributed by atoms with van der Waals surface area (Å²) in [5, 5.41) is 5.96. The first-order valence-electron chi connectivity index (χ1n) is 13.1. The van der Waals surface area contributed by atoms with Crippen LogP contribution in [-0.4, -0.2) is 63.0 Å². The predicted octanol–water partition coefficient (Wildman–Crippen LogP) is 5.09. The van der Waals surface area contributed by atoms with Crippen molar-refractivity contribution >= 4 is 23.7 Å². The number of hydrogen-bond acceptors (Lipinski definition) is 4. The Hall–Kier alpha value is -3.32. The number of hydrogen-bond donors (Lipinski definition) is 3. The lowest BCUT2D eigenvalue weighted by Gasteiger charge is -2.27. The lowest BCUT2D eigenvalue weighted by molar-refractivity contribution is -0.111. The largest absolute Gasteiger partial charge is 0.497 e. The average Bonchev–Trinajstić information content (AvgIpc) is 3.32. The molecule has 0 bridgehead atoms. The summed E-state index contributed by atoms with van der Waals surface area (Å²) in [6.07, 6.45) is 9.52. The number of nitrogens with one attached hydrogen (secondary N) is 3. The number of methoxy groups -OCH3 is 1. The van der Waals surface area contributed by atoms with Gasteiger partial charge in [-0.1, -0.05) is 56.5 Å². The lowest BCUT2D eigenvalue weighted by atomic mass is 9.95. The molecule has 0 saturated heterocycles. The quantitative estimate of drug-likeness (QED) is 0.291. The third kappa shape index (κ3) is 14.1. The average molecular weight is 511 g/mol. The molecule has 0 radical (unpaired) electrons. The van der Waals surface area contributed by atoms with Crippen LogP contribution < -0.4 is 15.4 Å². The van der Waals surface area contributed by atoms with Crippen LogP contribution in [0.25, 0.3) is 10.9 Å². The normalized spacial score (nSPS) is 12.6. The second kappa shape index (κ2) is 19.8. The Morgan fingerprint density at radius 2 is 1.57 bits per heavy atom. The fourth-order valence-electron chi connectivity index (χ4n) is 3.96. The van der Waals surface area contributed by atoms with E-state index in [-0.39, 0.29) is 0 Å². The number of H-pyrrole nitrogens is 1. The van der Waals surface area contributed by atoms with Crippen molar-refractivity contribution in [3.63, 3.8) is 0 Å². The van der Waals surface area contributed by atoms with Gasteiger partial charge in [0.15, 0.2) is 0 Å². The molecule has 0 atom stereocenters. The van der Waals surface area contributed by atoms with Gasteiger partial charge in [0.05, 0.1) is 7.11 Å². The van der Waals surface area contributed by atoms with Crippen molar-refractivity contribution in [2.45, 2.75) is 58.4 Å². The van der Waals surface area contributed by atoms with Crippen LogP contribution in [0.1, 0.15) is 50.3 Å². The van der Waals surface area contributed by atoms with Crippen molar-refractivity contribution in [3.8, 4) is 5.75 Å².